The van der Waals surface area contributed by atoms with Crippen LogP contribution in [0.3, 0.4) is 0 Å². The van der Waals surface area contributed by atoms with E-state index in [-0.39, 0.29) is 5.82 Å². The molecule has 2 aromatic heterocycles. The van der Waals surface area contributed by atoms with Crippen LogP contribution in [0.15, 0.2) is 30.3 Å². The Kier molecular flexibility index (Phi) is 4.51. The van der Waals surface area contributed by atoms with Crippen LogP contribution in [-0.4, -0.2) is 42.9 Å². The molecule has 3 aromatic rings. The molecule has 146 valence electrons. The molecule has 4 heterocycles. The van der Waals surface area contributed by atoms with E-state index >= 15 is 0 Å². The van der Waals surface area contributed by atoms with Gasteiger partial charge in [0, 0.05) is 41.6 Å². The van der Waals surface area contributed by atoms with Gasteiger partial charge in [0.05, 0.1) is 37.6 Å². The van der Waals surface area contributed by atoms with Gasteiger partial charge in [-0.05, 0) is 12.1 Å². The Morgan fingerprint density at radius 3 is 2.72 bits per heavy atom. The van der Waals surface area contributed by atoms with Gasteiger partial charge in [-0.2, -0.15) is 5.26 Å². The van der Waals surface area contributed by atoms with E-state index in [1.807, 2.05) is 24.3 Å². The molecule has 29 heavy (non-hydrogen) atoms. The highest BCUT2D eigenvalue weighted by Crippen LogP contribution is 2.40. The van der Waals surface area contributed by atoms with Gasteiger partial charge in [-0.3, -0.25) is 0 Å². The SMILES string of the molecule is N#Cc1c(N)nc2c(c1-c1cc3ccccc3nc1N1CCOCC1)COCC2. The molecule has 0 atom stereocenters. The Labute approximate surface area is 168 Å². The van der Waals surface area contributed by atoms with E-state index in [1.54, 1.807) is 0 Å². The van der Waals surface area contributed by atoms with Crippen LogP contribution in [-0.2, 0) is 22.5 Å². The van der Waals surface area contributed by atoms with E-state index in [4.69, 9.17) is 20.2 Å². The number of hydrogen-bond donors (Lipinski definition) is 1. The third-order valence-corrected chi connectivity index (χ3v) is 5.54. The highest BCUT2D eigenvalue weighted by atomic mass is 16.5. The summed E-state index contributed by atoms with van der Waals surface area (Å²) in [6.45, 7) is 3.83. The first-order chi connectivity index (χ1) is 14.3. The van der Waals surface area contributed by atoms with Crippen molar-refractivity contribution in [1.29, 1.82) is 5.26 Å². The van der Waals surface area contributed by atoms with Crippen molar-refractivity contribution >= 4 is 22.5 Å². The summed E-state index contributed by atoms with van der Waals surface area (Å²) in [7, 11) is 0. The average molecular weight is 387 g/mol. The van der Waals surface area contributed by atoms with E-state index < -0.39 is 0 Å². The van der Waals surface area contributed by atoms with Crippen molar-refractivity contribution in [2.45, 2.75) is 13.0 Å². The van der Waals surface area contributed by atoms with E-state index in [9.17, 15) is 5.26 Å². The molecule has 0 radical (unpaired) electrons. The number of ether oxygens (including phenoxy) is 2. The quantitative estimate of drug-likeness (QED) is 0.722. The van der Waals surface area contributed by atoms with Crippen molar-refractivity contribution in [1.82, 2.24) is 9.97 Å². The largest absolute Gasteiger partial charge is 0.383 e. The first-order valence-electron chi connectivity index (χ1n) is 9.78. The predicted molar refractivity (Wildman–Crippen MR) is 110 cm³/mol. The number of anilines is 2. The lowest BCUT2D eigenvalue weighted by molar-refractivity contribution is 0.109. The van der Waals surface area contributed by atoms with E-state index in [0.29, 0.717) is 38.4 Å². The van der Waals surface area contributed by atoms with Gasteiger partial charge in [0.1, 0.15) is 23.3 Å². The molecular weight excluding hydrogens is 366 g/mol. The maximum Gasteiger partial charge on any atom is 0.142 e. The van der Waals surface area contributed by atoms with E-state index in [1.165, 1.54) is 0 Å². The molecule has 1 fully saturated rings. The standard InChI is InChI=1S/C22H21N5O2/c23-12-16-20(17-13-29-8-5-19(17)25-21(16)24)15-11-14-3-1-2-4-18(14)26-22(15)27-6-9-28-10-7-27/h1-4,11H,5-10,13H2,(H2,24,25). The molecule has 1 saturated heterocycles. The molecule has 0 spiro atoms. The van der Waals surface area contributed by atoms with Crippen molar-refractivity contribution in [2.75, 3.05) is 43.5 Å². The maximum atomic E-state index is 9.91. The van der Waals surface area contributed by atoms with Crippen LogP contribution >= 0.6 is 0 Å². The lowest BCUT2D eigenvalue weighted by atomic mass is 9.92. The number of morpholine rings is 1. The minimum Gasteiger partial charge on any atom is -0.383 e. The molecule has 0 bridgehead atoms. The summed E-state index contributed by atoms with van der Waals surface area (Å²) in [5.41, 5.74) is 11.1. The predicted octanol–water partition coefficient (Wildman–Crippen LogP) is 2.66. The number of nitrogens with two attached hydrogens (primary N) is 1. The van der Waals surface area contributed by atoms with Crippen molar-refractivity contribution in [3.63, 3.8) is 0 Å². The lowest BCUT2D eigenvalue weighted by Crippen LogP contribution is -2.37. The Morgan fingerprint density at radius 2 is 1.90 bits per heavy atom. The molecule has 0 saturated carbocycles. The zero-order chi connectivity index (χ0) is 19.8. The van der Waals surface area contributed by atoms with Crippen LogP contribution in [0.1, 0.15) is 16.8 Å². The minimum absolute atomic E-state index is 0.268. The normalized spacial score (nSPS) is 16.4. The van der Waals surface area contributed by atoms with Crippen molar-refractivity contribution < 1.29 is 9.47 Å². The Hall–Kier alpha value is -3.21. The number of hydrogen-bond acceptors (Lipinski definition) is 7. The first-order valence-corrected chi connectivity index (χ1v) is 9.78. The molecular formula is C22H21N5O2. The number of aromatic nitrogens is 2. The molecule has 2 aliphatic heterocycles. The summed E-state index contributed by atoms with van der Waals surface area (Å²) in [6.07, 6.45) is 0.687. The summed E-state index contributed by atoms with van der Waals surface area (Å²) in [4.78, 5) is 11.7. The summed E-state index contributed by atoms with van der Waals surface area (Å²) < 4.78 is 11.3. The fraction of sp³-hybridized carbons (Fsp3) is 0.318. The number of nitriles is 1. The third kappa shape index (κ3) is 3.07. The van der Waals surface area contributed by atoms with Gasteiger partial charge in [0.15, 0.2) is 0 Å². The van der Waals surface area contributed by atoms with Gasteiger partial charge in [0.2, 0.25) is 0 Å². The fourth-order valence-corrected chi connectivity index (χ4v) is 4.11. The second kappa shape index (κ2) is 7.32. The van der Waals surface area contributed by atoms with Crippen LogP contribution in [0.5, 0.6) is 0 Å². The van der Waals surface area contributed by atoms with Crippen LogP contribution in [0.25, 0.3) is 22.0 Å². The monoisotopic (exact) mass is 387 g/mol. The number of benzene rings is 1. The number of para-hydroxylation sites is 1. The highest BCUT2D eigenvalue weighted by Gasteiger charge is 2.27. The molecule has 2 N–H and O–H groups in total. The molecule has 0 amide bonds. The summed E-state index contributed by atoms with van der Waals surface area (Å²) in [5, 5.41) is 10.9. The van der Waals surface area contributed by atoms with Gasteiger partial charge in [0.25, 0.3) is 0 Å². The fourth-order valence-electron chi connectivity index (χ4n) is 4.11. The van der Waals surface area contributed by atoms with Crippen molar-refractivity contribution in [3.8, 4) is 17.2 Å². The Morgan fingerprint density at radius 1 is 1.07 bits per heavy atom. The van der Waals surface area contributed by atoms with E-state index in [0.717, 1.165) is 52.2 Å². The van der Waals surface area contributed by atoms with Crippen LogP contribution < -0.4 is 10.6 Å². The van der Waals surface area contributed by atoms with Gasteiger partial charge in [-0.1, -0.05) is 18.2 Å². The summed E-state index contributed by atoms with van der Waals surface area (Å²) in [5.74, 6) is 1.12. The molecule has 0 unspecified atom stereocenters. The van der Waals surface area contributed by atoms with Gasteiger partial charge >= 0.3 is 0 Å². The topological polar surface area (TPSA) is 97.3 Å². The smallest absolute Gasteiger partial charge is 0.142 e. The van der Waals surface area contributed by atoms with Crippen molar-refractivity contribution in [3.05, 3.63) is 47.2 Å². The van der Waals surface area contributed by atoms with Crippen molar-refractivity contribution in [2.24, 2.45) is 0 Å². The number of pyridine rings is 2. The van der Waals surface area contributed by atoms with Gasteiger partial charge in [-0.25, -0.2) is 9.97 Å². The molecule has 7 nitrogen and oxygen atoms in total. The highest BCUT2D eigenvalue weighted by molar-refractivity contribution is 5.93. The molecule has 0 aliphatic carbocycles. The van der Waals surface area contributed by atoms with Crippen LogP contribution in [0, 0.1) is 11.3 Å². The second-order valence-electron chi connectivity index (χ2n) is 7.24. The number of fused-ring (bicyclic) bond motifs is 2. The summed E-state index contributed by atoms with van der Waals surface area (Å²) >= 11 is 0. The van der Waals surface area contributed by atoms with Crippen LogP contribution in [0.2, 0.25) is 0 Å². The van der Waals surface area contributed by atoms with E-state index in [2.05, 4.69) is 22.0 Å². The molecule has 1 aromatic carbocycles. The number of nitrogens with zero attached hydrogens (tertiary/aromatic N) is 4. The first kappa shape index (κ1) is 17.9. The number of nitrogen functional groups attached to an aromatic ring is 1. The van der Waals surface area contributed by atoms with Crippen LogP contribution in [0.4, 0.5) is 11.6 Å². The maximum absolute atomic E-state index is 9.91. The zero-order valence-corrected chi connectivity index (χ0v) is 16.0. The zero-order valence-electron chi connectivity index (χ0n) is 16.0. The molecule has 7 heteroatoms. The van der Waals surface area contributed by atoms with Gasteiger partial charge < -0.3 is 20.1 Å². The number of rotatable bonds is 2. The lowest BCUT2D eigenvalue weighted by Gasteiger charge is -2.31. The third-order valence-electron chi connectivity index (χ3n) is 5.54. The average Bonchev–Trinajstić information content (AvgIpc) is 2.78. The molecule has 2 aliphatic rings. The summed E-state index contributed by atoms with van der Waals surface area (Å²) in [6, 6.07) is 12.4. The Balaban J connectivity index is 1.83. The van der Waals surface area contributed by atoms with Gasteiger partial charge in [-0.15, -0.1) is 0 Å². The molecule has 5 rings (SSSR count). The Bertz CT molecular complexity index is 1130. The second-order valence-corrected chi connectivity index (χ2v) is 7.24. The minimum atomic E-state index is 0.268.